The maximum absolute atomic E-state index is 9.66. The van der Waals surface area contributed by atoms with Crippen molar-refractivity contribution in [1.29, 1.82) is 0 Å². The van der Waals surface area contributed by atoms with E-state index >= 15 is 0 Å². The summed E-state index contributed by atoms with van der Waals surface area (Å²) in [6, 6.07) is 12.1. The largest absolute Gasteiger partial charge is 0.394 e. The second kappa shape index (κ2) is 13.3. The molecule has 0 saturated heterocycles. The first-order chi connectivity index (χ1) is 13.4. The molecule has 0 aliphatic carbocycles. The molecule has 0 radical (unpaired) electrons. The molecule has 2 atom stereocenters. The van der Waals surface area contributed by atoms with Gasteiger partial charge in [-0.05, 0) is 47.5 Å². The predicted molar refractivity (Wildman–Crippen MR) is 134 cm³/mol. The molecular weight excluding hydrogens is 660 g/mol. The van der Waals surface area contributed by atoms with E-state index in [4.69, 9.17) is 0 Å². The number of nitrogens with one attached hydrogen (secondary N) is 2. The normalized spacial score (nSPS) is 13.5. The predicted octanol–water partition coefficient (Wildman–Crippen LogP) is 5.63. The molecule has 2 rings (SSSR count). The van der Waals surface area contributed by atoms with Crippen LogP contribution in [0.4, 0.5) is 0 Å². The van der Waals surface area contributed by atoms with Gasteiger partial charge in [-0.3, -0.25) is 10.6 Å². The van der Waals surface area contributed by atoms with Crippen molar-refractivity contribution in [2.75, 3.05) is 13.2 Å². The fraction of sp³-hybridized carbons (Fsp3) is 0.333. The molecule has 0 heterocycles. The molecule has 2 aromatic carbocycles. The van der Waals surface area contributed by atoms with Crippen LogP contribution in [-0.4, -0.2) is 34.2 Å². The smallest absolute Gasteiger partial charge is 0.0874 e. The molecule has 0 saturated carbocycles. The zero-order valence-electron chi connectivity index (χ0n) is 14.7. The van der Waals surface area contributed by atoms with Crippen LogP contribution in [0.1, 0.15) is 11.1 Å². The highest BCUT2D eigenvalue weighted by atomic mass is 79.9. The summed E-state index contributed by atoms with van der Waals surface area (Å²) in [7, 11) is 3.03. The molecule has 4 nitrogen and oxygen atoms in total. The molecule has 0 amide bonds. The lowest BCUT2D eigenvalue weighted by Crippen LogP contribution is -2.31. The molecule has 0 fully saturated rings. The molecule has 10 heteroatoms. The van der Waals surface area contributed by atoms with Crippen molar-refractivity contribution in [2.24, 2.45) is 0 Å². The second-order valence-electron chi connectivity index (χ2n) is 5.85. The number of hydrogen-bond acceptors (Lipinski definition) is 6. The standard InChI is InChI=1S/C18H20Br4N2O2S2/c19-13-1-11(2-14(20)5-13)7-23-17(9-25)27-28-18(10-26)24-8-12-3-15(21)6-16(22)4-12/h1-6,17-18,23-26H,7-10H2. The van der Waals surface area contributed by atoms with Crippen molar-refractivity contribution in [3.05, 3.63) is 65.4 Å². The van der Waals surface area contributed by atoms with Gasteiger partial charge < -0.3 is 10.2 Å². The third kappa shape index (κ3) is 9.36. The van der Waals surface area contributed by atoms with Gasteiger partial charge in [0.05, 0.1) is 24.0 Å². The Hall–Kier alpha value is 0.900. The van der Waals surface area contributed by atoms with E-state index in [1.165, 1.54) is 21.6 Å². The van der Waals surface area contributed by atoms with Gasteiger partial charge in [0.2, 0.25) is 0 Å². The monoisotopic (exact) mass is 676 g/mol. The second-order valence-corrected chi connectivity index (χ2v) is 12.2. The van der Waals surface area contributed by atoms with Crippen molar-refractivity contribution in [3.63, 3.8) is 0 Å². The van der Waals surface area contributed by atoms with Crippen molar-refractivity contribution in [2.45, 2.75) is 23.8 Å². The van der Waals surface area contributed by atoms with E-state index in [9.17, 15) is 10.2 Å². The summed E-state index contributed by atoms with van der Waals surface area (Å²) in [5, 5.41) is 25.7. The first kappa shape index (κ1) is 25.2. The maximum atomic E-state index is 9.66. The van der Waals surface area contributed by atoms with Gasteiger partial charge in [0, 0.05) is 31.0 Å². The van der Waals surface area contributed by atoms with Crippen LogP contribution in [0.25, 0.3) is 0 Å². The van der Waals surface area contributed by atoms with Gasteiger partial charge >= 0.3 is 0 Å². The van der Waals surface area contributed by atoms with E-state index in [-0.39, 0.29) is 24.0 Å². The van der Waals surface area contributed by atoms with Crippen LogP contribution in [0.2, 0.25) is 0 Å². The average molecular weight is 680 g/mol. The summed E-state index contributed by atoms with van der Waals surface area (Å²) < 4.78 is 4.02. The number of rotatable bonds is 11. The number of aliphatic hydroxyl groups excluding tert-OH is 2. The summed E-state index contributed by atoms with van der Waals surface area (Å²) in [5.41, 5.74) is 2.23. The molecule has 4 N–H and O–H groups in total. The van der Waals surface area contributed by atoms with Gasteiger partial charge in [0.15, 0.2) is 0 Å². The van der Waals surface area contributed by atoms with Crippen molar-refractivity contribution in [3.8, 4) is 0 Å². The van der Waals surface area contributed by atoms with Gasteiger partial charge in [-0.2, -0.15) is 0 Å². The quantitative estimate of drug-likeness (QED) is 0.182. The van der Waals surface area contributed by atoms with Crippen molar-refractivity contribution < 1.29 is 10.2 Å². The Morgan fingerprint density at radius 2 is 0.964 bits per heavy atom. The van der Waals surface area contributed by atoms with Crippen LogP contribution in [-0.2, 0) is 13.1 Å². The number of aliphatic hydroxyl groups is 2. The van der Waals surface area contributed by atoms with Gasteiger partial charge in [-0.25, -0.2) is 0 Å². The fourth-order valence-electron chi connectivity index (χ4n) is 2.28. The third-order valence-corrected chi connectivity index (χ3v) is 8.30. The SMILES string of the molecule is OCC(NCc1cc(Br)cc(Br)c1)SSC(CO)NCc1cc(Br)cc(Br)c1. The maximum Gasteiger partial charge on any atom is 0.0874 e. The minimum absolute atomic E-state index is 0.00354. The fourth-order valence-corrected chi connectivity index (χ4v) is 7.33. The van der Waals surface area contributed by atoms with E-state index < -0.39 is 0 Å². The van der Waals surface area contributed by atoms with Crippen LogP contribution in [0.3, 0.4) is 0 Å². The Labute approximate surface area is 206 Å². The van der Waals surface area contributed by atoms with E-state index in [0.29, 0.717) is 13.1 Å². The summed E-state index contributed by atoms with van der Waals surface area (Å²) in [4.78, 5) is 0. The Bertz CT molecular complexity index is 666. The lowest BCUT2D eigenvalue weighted by atomic mass is 10.2. The van der Waals surface area contributed by atoms with Crippen LogP contribution in [0.15, 0.2) is 54.3 Å². The van der Waals surface area contributed by atoms with Gasteiger partial charge in [0.25, 0.3) is 0 Å². The molecule has 0 spiro atoms. The van der Waals surface area contributed by atoms with E-state index in [1.807, 2.05) is 36.4 Å². The van der Waals surface area contributed by atoms with E-state index in [2.05, 4.69) is 74.4 Å². The lowest BCUT2D eigenvalue weighted by Gasteiger charge is -2.20. The lowest BCUT2D eigenvalue weighted by molar-refractivity contribution is 0.278. The van der Waals surface area contributed by atoms with Crippen LogP contribution >= 0.6 is 85.3 Å². The molecule has 0 aliphatic heterocycles. The highest BCUT2D eigenvalue weighted by Crippen LogP contribution is 2.30. The molecule has 0 bridgehead atoms. The van der Waals surface area contributed by atoms with Crippen LogP contribution in [0.5, 0.6) is 0 Å². The summed E-state index contributed by atoms with van der Waals surface area (Å²) in [5.74, 6) is 0. The van der Waals surface area contributed by atoms with Gasteiger partial charge in [-0.15, -0.1) is 0 Å². The minimum atomic E-state index is -0.140. The Balaban J connectivity index is 1.80. The zero-order chi connectivity index (χ0) is 20.5. The zero-order valence-corrected chi connectivity index (χ0v) is 22.6. The summed E-state index contributed by atoms with van der Waals surface area (Å²) in [6.45, 7) is 1.29. The molecule has 28 heavy (non-hydrogen) atoms. The van der Waals surface area contributed by atoms with E-state index in [1.54, 1.807) is 0 Å². The molecule has 0 aliphatic rings. The number of hydrogen-bond donors (Lipinski definition) is 4. The first-order valence-corrected chi connectivity index (χ1v) is 13.7. The number of halogens is 4. The highest BCUT2D eigenvalue weighted by molar-refractivity contribution is 9.11. The molecule has 2 aromatic rings. The topological polar surface area (TPSA) is 64.5 Å². The molecular formula is C18H20Br4N2O2S2. The van der Waals surface area contributed by atoms with Gasteiger partial charge in [0.1, 0.15) is 0 Å². The Morgan fingerprint density at radius 1 is 0.643 bits per heavy atom. The first-order valence-electron chi connectivity index (χ1n) is 8.30. The molecule has 154 valence electrons. The summed E-state index contributed by atoms with van der Waals surface area (Å²) in [6.07, 6.45) is 0. The Kier molecular flexibility index (Phi) is 12.0. The van der Waals surface area contributed by atoms with Crippen molar-refractivity contribution >= 4 is 85.3 Å². The average Bonchev–Trinajstić information content (AvgIpc) is 2.62. The highest BCUT2D eigenvalue weighted by Gasteiger charge is 2.14. The summed E-state index contributed by atoms with van der Waals surface area (Å²) >= 11 is 13.9. The van der Waals surface area contributed by atoms with Gasteiger partial charge in [-0.1, -0.05) is 85.3 Å². The van der Waals surface area contributed by atoms with E-state index in [0.717, 1.165) is 29.0 Å². The minimum Gasteiger partial charge on any atom is -0.394 e. The van der Waals surface area contributed by atoms with Crippen molar-refractivity contribution in [1.82, 2.24) is 10.6 Å². The Morgan fingerprint density at radius 3 is 1.25 bits per heavy atom. The van der Waals surface area contributed by atoms with Crippen LogP contribution in [0, 0.1) is 0 Å². The third-order valence-electron chi connectivity index (χ3n) is 3.53. The molecule has 0 aromatic heterocycles. The number of benzene rings is 2. The van der Waals surface area contributed by atoms with Crippen LogP contribution < -0.4 is 10.6 Å². The molecule has 2 unspecified atom stereocenters.